The summed E-state index contributed by atoms with van der Waals surface area (Å²) in [6, 6.07) is 0.877. The number of carbonyl (C=O) groups is 1. The van der Waals surface area contributed by atoms with Gasteiger partial charge in [-0.25, -0.2) is 8.42 Å². The van der Waals surface area contributed by atoms with Crippen molar-refractivity contribution in [3.8, 4) is 0 Å². The average Bonchev–Trinajstić information content (AvgIpc) is 2.67. The summed E-state index contributed by atoms with van der Waals surface area (Å²) < 4.78 is 26.9. The van der Waals surface area contributed by atoms with E-state index in [1.54, 1.807) is 31.9 Å². The predicted octanol–water partition coefficient (Wildman–Crippen LogP) is 1.56. The molecular formula is C11H15ClN2O3S2. The fourth-order valence-electron chi connectivity index (χ4n) is 2.00. The van der Waals surface area contributed by atoms with Crippen molar-refractivity contribution in [2.45, 2.75) is 24.1 Å². The number of amides is 1. The first kappa shape index (κ1) is 14.8. The Kier molecular flexibility index (Phi) is 3.92. The highest BCUT2D eigenvalue weighted by molar-refractivity contribution is 7.91. The van der Waals surface area contributed by atoms with E-state index in [2.05, 4.69) is 0 Å². The molecule has 0 aliphatic carbocycles. The molecule has 1 aromatic heterocycles. The lowest BCUT2D eigenvalue weighted by Crippen LogP contribution is -2.56. The molecule has 1 fully saturated rings. The van der Waals surface area contributed by atoms with Crippen molar-refractivity contribution in [3.63, 3.8) is 0 Å². The minimum atomic E-state index is -3.65. The fraction of sp³-hybridized carbons (Fsp3) is 0.545. The zero-order chi connectivity index (χ0) is 14.4. The molecule has 2 rings (SSSR count). The fourth-order valence-corrected chi connectivity index (χ4v) is 5.41. The molecule has 0 unspecified atom stereocenters. The molecule has 0 spiro atoms. The number of carbonyl (C=O) groups excluding carboxylic acids is 1. The van der Waals surface area contributed by atoms with Crippen LogP contribution in [0.3, 0.4) is 0 Å². The Balaban J connectivity index is 2.37. The predicted molar refractivity (Wildman–Crippen MR) is 75.1 cm³/mol. The number of likely N-dealkylation sites (N-methyl/N-ethyl adjacent to an activating group) is 1. The Morgan fingerprint density at radius 3 is 2.58 bits per heavy atom. The van der Waals surface area contributed by atoms with Gasteiger partial charge in [0.05, 0.1) is 4.34 Å². The van der Waals surface area contributed by atoms with Gasteiger partial charge < -0.3 is 4.90 Å². The van der Waals surface area contributed by atoms with Crippen molar-refractivity contribution in [3.05, 3.63) is 16.0 Å². The molecule has 106 valence electrons. The van der Waals surface area contributed by atoms with E-state index in [-0.39, 0.29) is 10.1 Å². The summed E-state index contributed by atoms with van der Waals surface area (Å²) in [4.78, 5) is 13.4. The molecule has 1 amide bonds. The number of thiophene rings is 1. The highest BCUT2D eigenvalue weighted by Gasteiger charge is 2.38. The van der Waals surface area contributed by atoms with Crippen LogP contribution < -0.4 is 0 Å². The first-order valence-electron chi connectivity index (χ1n) is 5.78. The Morgan fingerprint density at radius 2 is 2.05 bits per heavy atom. The average molecular weight is 323 g/mol. The van der Waals surface area contributed by atoms with Gasteiger partial charge in [0.2, 0.25) is 5.91 Å². The van der Waals surface area contributed by atoms with Crippen LogP contribution in [0.25, 0.3) is 0 Å². The number of aryl methyl sites for hydroxylation is 1. The SMILES string of the molecule is Cc1cc(S(=O)(=O)N2CCN(C)C(=O)[C@H]2C)sc1Cl. The summed E-state index contributed by atoms with van der Waals surface area (Å²) in [7, 11) is -1.97. The molecule has 1 saturated heterocycles. The summed E-state index contributed by atoms with van der Waals surface area (Å²) in [5.41, 5.74) is 0.735. The molecule has 1 aliphatic rings. The largest absolute Gasteiger partial charge is 0.343 e. The molecule has 8 heteroatoms. The molecule has 0 radical (unpaired) electrons. The molecular weight excluding hydrogens is 308 g/mol. The second-order valence-corrected chi connectivity index (χ2v) is 8.35. The quantitative estimate of drug-likeness (QED) is 0.830. The lowest BCUT2D eigenvalue weighted by molar-refractivity contribution is -0.136. The number of rotatable bonds is 2. The van der Waals surface area contributed by atoms with Crippen LogP contribution in [0.4, 0.5) is 0 Å². The van der Waals surface area contributed by atoms with Crippen molar-refractivity contribution in [2.75, 3.05) is 20.1 Å². The summed E-state index contributed by atoms with van der Waals surface area (Å²) in [5, 5.41) is 0. The molecule has 0 bridgehead atoms. The van der Waals surface area contributed by atoms with Gasteiger partial charge in [-0.05, 0) is 25.5 Å². The van der Waals surface area contributed by atoms with E-state index in [4.69, 9.17) is 11.6 Å². The van der Waals surface area contributed by atoms with E-state index < -0.39 is 16.1 Å². The summed E-state index contributed by atoms with van der Waals surface area (Å²) in [6.07, 6.45) is 0. The monoisotopic (exact) mass is 322 g/mol. The van der Waals surface area contributed by atoms with Crippen LogP contribution in [0.1, 0.15) is 12.5 Å². The summed E-state index contributed by atoms with van der Waals surface area (Å²) in [6.45, 7) is 4.08. The second kappa shape index (κ2) is 5.05. The first-order valence-corrected chi connectivity index (χ1v) is 8.41. The maximum Gasteiger partial charge on any atom is 0.253 e. The number of nitrogens with zero attached hydrogens (tertiary/aromatic N) is 2. The molecule has 1 atom stereocenters. The molecule has 0 aromatic carbocycles. The minimum Gasteiger partial charge on any atom is -0.343 e. The molecule has 5 nitrogen and oxygen atoms in total. The van der Waals surface area contributed by atoms with Crippen molar-refractivity contribution in [1.29, 1.82) is 0 Å². The van der Waals surface area contributed by atoms with Gasteiger partial charge in [0.25, 0.3) is 10.0 Å². The van der Waals surface area contributed by atoms with E-state index >= 15 is 0 Å². The molecule has 19 heavy (non-hydrogen) atoms. The number of hydrogen-bond donors (Lipinski definition) is 0. The van der Waals surface area contributed by atoms with Gasteiger partial charge in [0.1, 0.15) is 10.3 Å². The highest BCUT2D eigenvalue weighted by Crippen LogP contribution is 2.33. The van der Waals surface area contributed by atoms with Gasteiger partial charge in [0.15, 0.2) is 0 Å². The van der Waals surface area contributed by atoms with Crippen LogP contribution in [0, 0.1) is 6.92 Å². The van der Waals surface area contributed by atoms with Crippen LogP contribution in [-0.2, 0) is 14.8 Å². The topological polar surface area (TPSA) is 57.7 Å². The number of sulfonamides is 1. The third-order valence-electron chi connectivity index (χ3n) is 3.22. The first-order chi connectivity index (χ1) is 8.75. The zero-order valence-electron chi connectivity index (χ0n) is 10.9. The second-order valence-electron chi connectivity index (χ2n) is 4.57. The number of hydrogen-bond acceptors (Lipinski definition) is 4. The van der Waals surface area contributed by atoms with Crippen LogP contribution >= 0.6 is 22.9 Å². The Bertz CT molecular complexity index is 592. The van der Waals surface area contributed by atoms with E-state index in [0.717, 1.165) is 16.9 Å². The third-order valence-corrected chi connectivity index (χ3v) is 7.19. The van der Waals surface area contributed by atoms with E-state index in [1.807, 2.05) is 0 Å². The van der Waals surface area contributed by atoms with Crippen LogP contribution in [0.5, 0.6) is 0 Å². The lowest BCUT2D eigenvalue weighted by atomic mass is 10.2. The van der Waals surface area contributed by atoms with E-state index in [9.17, 15) is 13.2 Å². The van der Waals surface area contributed by atoms with Gasteiger partial charge >= 0.3 is 0 Å². The Hall–Kier alpha value is -0.630. The molecule has 1 aliphatic heterocycles. The van der Waals surface area contributed by atoms with E-state index in [1.165, 1.54) is 4.31 Å². The standard InChI is InChI=1S/C11H15ClN2O3S2/c1-7-6-9(18-10(7)12)19(16,17)14-5-4-13(3)11(15)8(14)2/h6,8H,4-5H2,1-3H3/t8-/m1/s1. The molecule has 2 heterocycles. The van der Waals surface area contributed by atoms with Gasteiger partial charge in [0, 0.05) is 20.1 Å². The minimum absolute atomic E-state index is 0.186. The third kappa shape index (κ3) is 2.52. The maximum atomic E-state index is 12.5. The normalized spacial score (nSPS) is 22.0. The smallest absolute Gasteiger partial charge is 0.253 e. The Morgan fingerprint density at radius 1 is 1.42 bits per heavy atom. The van der Waals surface area contributed by atoms with Crippen molar-refractivity contribution in [1.82, 2.24) is 9.21 Å². The van der Waals surface area contributed by atoms with Gasteiger partial charge in [-0.2, -0.15) is 4.31 Å². The maximum absolute atomic E-state index is 12.5. The van der Waals surface area contributed by atoms with Crippen molar-refractivity contribution < 1.29 is 13.2 Å². The van der Waals surface area contributed by atoms with E-state index in [0.29, 0.717) is 17.4 Å². The van der Waals surface area contributed by atoms with Crippen LogP contribution in [0.2, 0.25) is 4.34 Å². The summed E-state index contributed by atoms with van der Waals surface area (Å²) in [5.74, 6) is -0.186. The van der Waals surface area contributed by atoms with Crippen LogP contribution in [0.15, 0.2) is 10.3 Å². The Labute approximate surface area is 121 Å². The molecule has 1 aromatic rings. The molecule has 0 N–H and O–H groups in total. The summed E-state index contributed by atoms with van der Waals surface area (Å²) >= 11 is 6.95. The van der Waals surface area contributed by atoms with Crippen molar-refractivity contribution >= 4 is 38.9 Å². The number of piperazine rings is 1. The van der Waals surface area contributed by atoms with Crippen molar-refractivity contribution in [2.24, 2.45) is 0 Å². The van der Waals surface area contributed by atoms with Gasteiger partial charge in [-0.15, -0.1) is 11.3 Å². The highest BCUT2D eigenvalue weighted by atomic mass is 35.5. The number of halogens is 1. The van der Waals surface area contributed by atoms with Gasteiger partial charge in [-0.1, -0.05) is 11.6 Å². The molecule has 0 saturated carbocycles. The zero-order valence-corrected chi connectivity index (χ0v) is 13.3. The van der Waals surface area contributed by atoms with Crippen LogP contribution in [-0.4, -0.2) is 49.7 Å². The van der Waals surface area contributed by atoms with Gasteiger partial charge in [-0.3, -0.25) is 4.79 Å². The lowest BCUT2D eigenvalue weighted by Gasteiger charge is -2.35.